The molecule has 0 aliphatic carbocycles. The number of pyridine rings is 1. The summed E-state index contributed by atoms with van der Waals surface area (Å²) in [7, 11) is 0. The second-order valence-corrected chi connectivity index (χ2v) is 8.47. The summed E-state index contributed by atoms with van der Waals surface area (Å²) >= 11 is 0. The fourth-order valence-electron chi connectivity index (χ4n) is 4.12. The number of nitrogens with zero attached hydrogens (tertiary/aromatic N) is 2. The number of rotatable bonds is 11. The van der Waals surface area contributed by atoms with Gasteiger partial charge in [0, 0.05) is 12.6 Å². The molecule has 190 valence electrons. The third kappa shape index (κ3) is 6.99. The first kappa shape index (κ1) is 26.6. The molecule has 10 heteroatoms. The Bertz CT molecular complexity index is 1140. The number of hydrogen-bond acceptors (Lipinski definition) is 2. The lowest BCUT2D eigenvalue weighted by Crippen LogP contribution is -2.14. The number of imidazole rings is 1. The molecule has 0 saturated carbocycles. The van der Waals surface area contributed by atoms with Gasteiger partial charge in [-0.2, -0.15) is 26.3 Å². The van der Waals surface area contributed by atoms with Crippen LogP contribution >= 0.6 is 0 Å². The highest BCUT2D eigenvalue weighted by molar-refractivity contribution is 5.68. The smallest absolute Gasteiger partial charge is 0.433 e. The predicted octanol–water partition coefficient (Wildman–Crippen LogP) is 7.79. The van der Waals surface area contributed by atoms with Crippen molar-refractivity contribution in [2.75, 3.05) is 0 Å². The summed E-state index contributed by atoms with van der Waals surface area (Å²) < 4.78 is 83.9. The highest BCUT2D eigenvalue weighted by Gasteiger charge is 2.41. The third-order valence-electron chi connectivity index (χ3n) is 5.78. The molecule has 0 aliphatic heterocycles. The van der Waals surface area contributed by atoms with E-state index in [2.05, 4.69) is 4.98 Å². The summed E-state index contributed by atoms with van der Waals surface area (Å²) in [5, 5.41) is 8.61. The van der Waals surface area contributed by atoms with Crippen LogP contribution < -0.4 is 0 Å². The molecule has 0 radical (unpaired) electrons. The highest BCUT2D eigenvalue weighted by Crippen LogP contribution is 2.40. The molecule has 3 rings (SSSR count). The second kappa shape index (κ2) is 11.1. The van der Waals surface area contributed by atoms with E-state index in [0.29, 0.717) is 29.2 Å². The van der Waals surface area contributed by atoms with Crippen molar-refractivity contribution < 1.29 is 36.2 Å². The quantitative estimate of drug-likeness (QED) is 0.216. The monoisotopic (exact) mass is 500 g/mol. The van der Waals surface area contributed by atoms with Crippen LogP contribution in [0.2, 0.25) is 0 Å². The van der Waals surface area contributed by atoms with Crippen molar-refractivity contribution in [2.24, 2.45) is 0 Å². The maximum atomic E-state index is 14.0. The number of hydrogen-bond donors (Lipinski definition) is 1. The van der Waals surface area contributed by atoms with E-state index in [1.54, 1.807) is 18.2 Å². The molecule has 0 aliphatic rings. The molecular weight excluding hydrogens is 474 g/mol. The number of fused-ring (bicyclic) bond motifs is 1. The molecule has 0 amide bonds. The molecule has 2 heterocycles. The van der Waals surface area contributed by atoms with E-state index < -0.39 is 40.9 Å². The summed E-state index contributed by atoms with van der Waals surface area (Å²) in [5.41, 5.74) is -3.15. The van der Waals surface area contributed by atoms with Crippen molar-refractivity contribution in [3.8, 4) is 11.1 Å². The van der Waals surface area contributed by atoms with E-state index in [9.17, 15) is 31.1 Å². The van der Waals surface area contributed by atoms with Crippen LogP contribution in [0.15, 0.2) is 42.6 Å². The number of carboxylic acid groups (broad SMARTS) is 1. The van der Waals surface area contributed by atoms with E-state index in [1.165, 1.54) is 12.1 Å². The number of aliphatic carboxylic acids is 1. The summed E-state index contributed by atoms with van der Waals surface area (Å²) in [6.45, 7) is 0. The zero-order valence-electron chi connectivity index (χ0n) is 18.9. The fourth-order valence-corrected chi connectivity index (χ4v) is 4.12. The number of carbonyl (C=O) groups is 1. The van der Waals surface area contributed by atoms with Crippen LogP contribution in [0.1, 0.15) is 68.3 Å². The van der Waals surface area contributed by atoms with Gasteiger partial charge in [-0.05, 0) is 36.5 Å². The van der Waals surface area contributed by atoms with Gasteiger partial charge in [-0.15, -0.1) is 0 Å². The lowest BCUT2D eigenvalue weighted by atomic mass is 10.1. The van der Waals surface area contributed by atoms with E-state index in [-0.39, 0.29) is 18.4 Å². The minimum absolute atomic E-state index is 0.0165. The Hall–Kier alpha value is -3.04. The largest absolute Gasteiger partial charge is 0.481 e. The molecule has 1 aromatic carbocycles. The van der Waals surface area contributed by atoms with Crippen LogP contribution in [-0.2, 0) is 23.6 Å². The van der Waals surface area contributed by atoms with Gasteiger partial charge in [0.2, 0.25) is 0 Å². The molecule has 1 N–H and O–H groups in total. The van der Waals surface area contributed by atoms with Gasteiger partial charge in [0.1, 0.15) is 5.65 Å². The summed E-state index contributed by atoms with van der Waals surface area (Å²) in [5.74, 6) is -0.845. The average Bonchev–Trinajstić information content (AvgIpc) is 3.15. The maximum Gasteiger partial charge on any atom is 0.433 e. The molecule has 3 aromatic rings. The molecule has 35 heavy (non-hydrogen) atoms. The second-order valence-electron chi connectivity index (χ2n) is 8.47. The molecule has 0 unspecified atom stereocenters. The molecule has 4 nitrogen and oxygen atoms in total. The standard InChI is InChI=1S/C25H26F6N2O2/c26-24(27,28)19-15-18(17-11-7-6-8-12-17)16-33-22(25(29,30)31)20(32-23(19)33)13-9-4-2-1-3-5-10-14-21(34)35/h6-8,11-12,15-16H,1-5,9-10,13-14H2,(H,34,35). The first-order valence-corrected chi connectivity index (χ1v) is 11.4. The van der Waals surface area contributed by atoms with Crippen molar-refractivity contribution in [2.45, 2.75) is 70.1 Å². The number of carboxylic acids is 1. The van der Waals surface area contributed by atoms with Gasteiger partial charge >= 0.3 is 18.3 Å². The van der Waals surface area contributed by atoms with Gasteiger partial charge in [0.25, 0.3) is 0 Å². The molecule has 0 fully saturated rings. The average molecular weight is 500 g/mol. The van der Waals surface area contributed by atoms with Crippen LogP contribution in [0.25, 0.3) is 16.8 Å². The maximum absolute atomic E-state index is 14.0. The normalized spacial score (nSPS) is 12.4. The first-order chi connectivity index (χ1) is 16.5. The Morgan fingerprint density at radius 2 is 1.43 bits per heavy atom. The van der Waals surface area contributed by atoms with Gasteiger partial charge in [0.15, 0.2) is 5.69 Å². The van der Waals surface area contributed by atoms with Crippen LogP contribution in [-0.4, -0.2) is 20.5 Å². The zero-order chi connectivity index (χ0) is 25.6. The minimum atomic E-state index is -4.88. The van der Waals surface area contributed by atoms with Gasteiger partial charge in [-0.3, -0.25) is 9.20 Å². The van der Waals surface area contributed by atoms with Crippen LogP contribution in [0.5, 0.6) is 0 Å². The molecule has 0 spiro atoms. The van der Waals surface area contributed by atoms with Crippen molar-refractivity contribution in [3.63, 3.8) is 0 Å². The van der Waals surface area contributed by atoms with E-state index in [4.69, 9.17) is 5.11 Å². The number of benzene rings is 1. The molecular formula is C25H26F6N2O2. The summed E-state index contributed by atoms with van der Waals surface area (Å²) in [4.78, 5) is 14.3. The topological polar surface area (TPSA) is 54.6 Å². The van der Waals surface area contributed by atoms with Gasteiger partial charge in [-0.25, -0.2) is 4.98 Å². The van der Waals surface area contributed by atoms with Crippen molar-refractivity contribution in [3.05, 3.63) is 59.5 Å². The lowest BCUT2D eigenvalue weighted by Gasteiger charge is -2.14. The van der Waals surface area contributed by atoms with Crippen LogP contribution in [0.3, 0.4) is 0 Å². The van der Waals surface area contributed by atoms with Gasteiger partial charge < -0.3 is 5.11 Å². The SMILES string of the molecule is O=C(O)CCCCCCCCCc1nc2c(C(F)(F)F)cc(-c3ccccc3)cn2c1C(F)(F)F. The summed E-state index contributed by atoms with van der Waals surface area (Å²) in [6, 6.07) is 8.78. The lowest BCUT2D eigenvalue weighted by molar-refractivity contribution is -0.143. The van der Waals surface area contributed by atoms with Crippen molar-refractivity contribution in [1.29, 1.82) is 0 Å². The third-order valence-corrected chi connectivity index (χ3v) is 5.78. The number of halogens is 6. The first-order valence-electron chi connectivity index (χ1n) is 11.4. The highest BCUT2D eigenvalue weighted by atomic mass is 19.4. The van der Waals surface area contributed by atoms with Gasteiger partial charge in [-0.1, -0.05) is 62.4 Å². The Labute approximate surface area is 198 Å². The van der Waals surface area contributed by atoms with E-state index in [0.717, 1.165) is 37.9 Å². The van der Waals surface area contributed by atoms with E-state index in [1.807, 2.05) is 0 Å². The number of aryl methyl sites for hydroxylation is 1. The van der Waals surface area contributed by atoms with Crippen LogP contribution in [0, 0.1) is 0 Å². The number of aromatic nitrogens is 2. The van der Waals surface area contributed by atoms with Crippen molar-refractivity contribution in [1.82, 2.24) is 9.38 Å². The Morgan fingerprint density at radius 1 is 0.829 bits per heavy atom. The molecule has 0 atom stereocenters. The number of unbranched alkanes of at least 4 members (excludes halogenated alkanes) is 6. The Morgan fingerprint density at radius 3 is 2.00 bits per heavy atom. The minimum Gasteiger partial charge on any atom is -0.481 e. The molecule has 2 aromatic heterocycles. The number of alkyl halides is 6. The Balaban J connectivity index is 1.83. The molecule has 0 bridgehead atoms. The van der Waals surface area contributed by atoms with E-state index >= 15 is 0 Å². The zero-order valence-corrected chi connectivity index (χ0v) is 18.9. The molecule has 0 saturated heterocycles. The predicted molar refractivity (Wildman–Crippen MR) is 119 cm³/mol. The summed E-state index contributed by atoms with van der Waals surface area (Å²) in [6.07, 6.45) is -3.98. The van der Waals surface area contributed by atoms with Crippen molar-refractivity contribution >= 4 is 11.6 Å². The van der Waals surface area contributed by atoms with Gasteiger partial charge in [0.05, 0.1) is 11.3 Å². The van der Waals surface area contributed by atoms with Crippen LogP contribution in [0.4, 0.5) is 26.3 Å². The fraction of sp³-hybridized carbons (Fsp3) is 0.440. The Kier molecular flexibility index (Phi) is 8.45.